The van der Waals surface area contributed by atoms with Gasteiger partial charge in [-0.1, -0.05) is 12.8 Å². The van der Waals surface area contributed by atoms with E-state index in [4.69, 9.17) is 4.74 Å². The molecule has 2 heterocycles. The molecular formula is C13H18N2O3. The number of hydrogen-bond acceptors (Lipinski definition) is 3. The van der Waals surface area contributed by atoms with Crippen LogP contribution in [0.4, 0.5) is 0 Å². The molecule has 3 atom stereocenters. The lowest BCUT2D eigenvalue weighted by molar-refractivity contribution is -0.0724. The van der Waals surface area contributed by atoms with Crippen LogP contribution in [0.3, 0.4) is 0 Å². The second-order valence-electron chi connectivity index (χ2n) is 5.20. The summed E-state index contributed by atoms with van der Waals surface area (Å²) >= 11 is 0. The van der Waals surface area contributed by atoms with Gasteiger partial charge in [-0.25, -0.2) is 9.78 Å². The number of fused-ring (bicyclic) bond motifs is 1. The molecule has 5 heteroatoms. The van der Waals surface area contributed by atoms with Crippen molar-refractivity contribution in [3.05, 3.63) is 18.2 Å². The van der Waals surface area contributed by atoms with Gasteiger partial charge in [-0.2, -0.15) is 0 Å². The Labute approximate surface area is 106 Å². The van der Waals surface area contributed by atoms with Gasteiger partial charge >= 0.3 is 5.97 Å². The number of rotatable bonds is 2. The molecule has 0 aromatic carbocycles. The molecule has 98 valence electrons. The van der Waals surface area contributed by atoms with E-state index >= 15 is 0 Å². The van der Waals surface area contributed by atoms with E-state index in [-0.39, 0.29) is 6.04 Å². The highest BCUT2D eigenvalue weighted by atomic mass is 16.5. The normalized spacial score (nSPS) is 31.9. The Hall–Kier alpha value is -1.36. The number of carbonyl (C=O) groups is 1. The lowest BCUT2D eigenvalue weighted by atomic mass is 9.78. The van der Waals surface area contributed by atoms with Gasteiger partial charge in [-0.3, -0.25) is 0 Å². The minimum atomic E-state index is -0.897. The van der Waals surface area contributed by atoms with Crippen LogP contribution in [0, 0.1) is 5.92 Å². The fourth-order valence-corrected chi connectivity index (χ4v) is 3.41. The van der Waals surface area contributed by atoms with Crippen molar-refractivity contribution < 1.29 is 14.6 Å². The molecule has 0 spiro atoms. The van der Waals surface area contributed by atoms with E-state index in [0.717, 1.165) is 25.9 Å². The molecule has 0 radical (unpaired) electrons. The van der Waals surface area contributed by atoms with E-state index in [0.29, 0.717) is 17.7 Å². The minimum absolute atomic E-state index is 0.234. The zero-order valence-corrected chi connectivity index (χ0v) is 10.3. The molecule has 1 aliphatic carbocycles. The van der Waals surface area contributed by atoms with E-state index in [1.165, 1.54) is 19.0 Å². The molecule has 3 rings (SSSR count). The Balaban J connectivity index is 1.89. The largest absolute Gasteiger partial charge is 0.477 e. The molecule has 1 N–H and O–H groups in total. The van der Waals surface area contributed by atoms with Crippen LogP contribution >= 0.6 is 0 Å². The predicted octanol–water partition coefficient (Wildman–Crippen LogP) is 2.10. The van der Waals surface area contributed by atoms with Crippen molar-refractivity contribution in [3.63, 3.8) is 0 Å². The molecule has 1 aromatic heterocycles. The molecule has 1 aromatic rings. The summed E-state index contributed by atoms with van der Waals surface area (Å²) in [6.45, 7) is 0.725. The van der Waals surface area contributed by atoms with Crippen LogP contribution in [0.2, 0.25) is 0 Å². The Morgan fingerprint density at radius 3 is 3.06 bits per heavy atom. The van der Waals surface area contributed by atoms with Gasteiger partial charge in [0.05, 0.1) is 18.6 Å². The summed E-state index contributed by atoms with van der Waals surface area (Å²) in [6.07, 6.45) is 8.98. The minimum Gasteiger partial charge on any atom is -0.477 e. The molecule has 1 aliphatic heterocycles. The van der Waals surface area contributed by atoms with Gasteiger partial charge < -0.3 is 14.4 Å². The Bertz CT molecular complexity index is 441. The fraction of sp³-hybridized carbons (Fsp3) is 0.692. The van der Waals surface area contributed by atoms with Gasteiger partial charge in [0.25, 0.3) is 0 Å². The number of aromatic carboxylic acids is 1. The average Bonchev–Trinajstić information content (AvgIpc) is 2.87. The SMILES string of the molecule is O=C(O)c1cncn1C1CCOC2CCCCC21. The third-order valence-electron chi connectivity index (χ3n) is 4.24. The van der Waals surface area contributed by atoms with Crippen LogP contribution in [-0.2, 0) is 4.74 Å². The lowest BCUT2D eigenvalue weighted by Gasteiger charge is -2.41. The monoisotopic (exact) mass is 250 g/mol. The van der Waals surface area contributed by atoms with Crippen molar-refractivity contribution >= 4 is 5.97 Å². The number of carboxylic acids is 1. The Morgan fingerprint density at radius 1 is 1.39 bits per heavy atom. The first-order valence-corrected chi connectivity index (χ1v) is 6.64. The van der Waals surface area contributed by atoms with Crippen molar-refractivity contribution in [1.29, 1.82) is 0 Å². The van der Waals surface area contributed by atoms with Crippen molar-refractivity contribution in [2.45, 2.75) is 44.2 Å². The van der Waals surface area contributed by atoms with Crippen LogP contribution < -0.4 is 0 Å². The van der Waals surface area contributed by atoms with Crippen LogP contribution in [-0.4, -0.2) is 33.3 Å². The number of nitrogens with zero attached hydrogens (tertiary/aromatic N) is 2. The lowest BCUT2D eigenvalue weighted by Crippen LogP contribution is -2.40. The van der Waals surface area contributed by atoms with Crippen LogP contribution in [0.15, 0.2) is 12.5 Å². The van der Waals surface area contributed by atoms with E-state index in [1.807, 2.05) is 4.57 Å². The molecule has 18 heavy (non-hydrogen) atoms. The quantitative estimate of drug-likeness (QED) is 0.873. The van der Waals surface area contributed by atoms with Crippen molar-refractivity contribution in [1.82, 2.24) is 9.55 Å². The summed E-state index contributed by atoms with van der Waals surface area (Å²) in [4.78, 5) is 15.2. The first-order chi connectivity index (χ1) is 8.77. The van der Waals surface area contributed by atoms with Gasteiger partial charge in [0.2, 0.25) is 0 Å². The van der Waals surface area contributed by atoms with E-state index in [2.05, 4.69) is 4.98 Å². The standard InChI is InChI=1S/C13H18N2O3/c16-13(17)11-7-14-8-15(11)10-5-6-18-12-4-2-1-3-9(10)12/h7-10,12H,1-6H2,(H,16,17). The van der Waals surface area contributed by atoms with Crippen LogP contribution in [0.1, 0.15) is 48.6 Å². The van der Waals surface area contributed by atoms with Crippen molar-refractivity contribution in [3.8, 4) is 0 Å². The Morgan fingerprint density at radius 2 is 2.22 bits per heavy atom. The highest BCUT2D eigenvalue weighted by Crippen LogP contribution is 2.40. The topological polar surface area (TPSA) is 64.3 Å². The molecular weight excluding hydrogens is 232 g/mol. The summed E-state index contributed by atoms with van der Waals surface area (Å²) in [7, 11) is 0. The molecule has 2 aliphatic rings. The number of hydrogen-bond donors (Lipinski definition) is 1. The molecule has 1 saturated heterocycles. The van der Waals surface area contributed by atoms with Crippen molar-refractivity contribution in [2.75, 3.05) is 6.61 Å². The van der Waals surface area contributed by atoms with Gasteiger partial charge in [0, 0.05) is 18.6 Å². The average molecular weight is 250 g/mol. The predicted molar refractivity (Wildman–Crippen MR) is 64.5 cm³/mol. The first kappa shape index (κ1) is 11.7. The summed E-state index contributed by atoms with van der Waals surface area (Å²) in [5, 5.41) is 9.19. The highest BCUT2D eigenvalue weighted by Gasteiger charge is 2.37. The van der Waals surface area contributed by atoms with Gasteiger partial charge in [-0.15, -0.1) is 0 Å². The maximum atomic E-state index is 11.2. The fourth-order valence-electron chi connectivity index (χ4n) is 3.41. The molecule has 0 amide bonds. The van der Waals surface area contributed by atoms with Gasteiger partial charge in [-0.05, 0) is 19.3 Å². The molecule has 1 saturated carbocycles. The third-order valence-corrected chi connectivity index (χ3v) is 4.24. The third kappa shape index (κ3) is 1.92. The van der Waals surface area contributed by atoms with Crippen molar-refractivity contribution in [2.24, 2.45) is 5.92 Å². The zero-order chi connectivity index (χ0) is 12.5. The van der Waals surface area contributed by atoms with Gasteiger partial charge in [0.1, 0.15) is 5.69 Å². The zero-order valence-electron chi connectivity index (χ0n) is 10.3. The number of ether oxygens (including phenoxy) is 1. The second-order valence-corrected chi connectivity index (χ2v) is 5.20. The summed E-state index contributed by atoms with van der Waals surface area (Å²) in [5.41, 5.74) is 0.297. The van der Waals surface area contributed by atoms with Crippen LogP contribution in [0.5, 0.6) is 0 Å². The summed E-state index contributed by atoms with van der Waals surface area (Å²) < 4.78 is 7.67. The van der Waals surface area contributed by atoms with Crippen LogP contribution in [0.25, 0.3) is 0 Å². The molecule has 0 bridgehead atoms. The highest BCUT2D eigenvalue weighted by molar-refractivity contribution is 5.85. The Kier molecular flexibility index (Phi) is 3.07. The number of carboxylic acid groups (broad SMARTS) is 1. The smallest absolute Gasteiger partial charge is 0.354 e. The molecule has 3 unspecified atom stereocenters. The molecule has 5 nitrogen and oxygen atoms in total. The summed E-state index contributed by atoms with van der Waals surface area (Å²) in [5.74, 6) is -0.453. The van der Waals surface area contributed by atoms with E-state index in [9.17, 15) is 9.90 Å². The maximum Gasteiger partial charge on any atom is 0.354 e. The molecule has 2 fully saturated rings. The summed E-state index contributed by atoms with van der Waals surface area (Å²) in [6, 6.07) is 0.234. The van der Waals surface area contributed by atoms with Gasteiger partial charge in [0.15, 0.2) is 0 Å². The maximum absolute atomic E-state index is 11.2. The second kappa shape index (κ2) is 4.72. The van der Waals surface area contributed by atoms with E-state index in [1.54, 1.807) is 6.33 Å². The number of aromatic nitrogens is 2. The number of imidazole rings is 1. The van der Waals surface area contributed by atoms with E-state index < -0.39 is 5.97 Å². The first-order valence-electron chi connectivity index (χ1n) is 6.64.